The molecule has 1 N–H and O–H groups in total. The van der Waals surface area contributed by atoms with Crippen LogP contribution in [0.4, 0.5) is 10.5 Å². The molecule has 0 aromatic heterocycles. The van der Waals surface area contributed by atoms with Crippen LogP contribution in [0.15, 0.2) is 35.9 Å². The molecule has 4 rings (SSSR count). The van der Waals surface area contributed by atoms with E-state index >= 15 is 0 Å². The number of hydrogen-bond donors (Lipinski definition) is 2. The van der Waals surface area contributed by atoms with Gasteiger partial charge in [0, 0.05) is 40.0 Å². The number of carbonyl (C=O) groups excluding carboxylic acids is 4. The van der Waals surface area contributed by atoms with E-state index in [-0.39, 0.29) is 35.7 Å². The Hall–Kier alpha value is -3.26. The highest BCUT2D eigenvalue weighted by atomic mass is 35.5. The molecule has 270 valence electrons. The number of anilines is 1. The number of carbonyl (C=O) groups is 4. The molecular formula is C35H48ClN3O9S. The van der Waals surface area contributed by atoms with Crippen LogP contribution < -0.4 is 15.0 Å². The maximum atomic E-state index is 14.0. The zero-order chi connectivity index (χ0) is 36.2. The Balaban J connectivity index is 1.75. The van der Waals surface area contributed by atoms with Crippen LogP contribution in [0.2, 0.25) is 5.02 Å². The number of allylic oxidation sites excluding steroid dienone is 3. The van der Waals surface area contributed by atoms with Gasteiger partial charge in [-0.15, -0.1) is 0 Å². The summed E-state index contributed by atoms with van der Waals surface area (Å²) in [5.41, 5.74) is 1.19. The van der Waals surface area contributed by atoms with Gasteiger partial charge in [0.2, 0.25) is 11.8 Å². The molecule has 14 heteroatoms. The molecule has 0 spiro atoms. The second kappa shape index (κ2) is 16.2. The van der Waals surface area contributed by atoms with E-state index in [9.17, 15) is 19.2 Å². The van der Waals surface area contributed by atoms with Crippen LogP contribution in [0.5, 0.6) is 5.75 Å². The number of fused-ring (bicyclic) bond motifs is 5. The summed E-state index contributed by atoms with van der Waals surface area (Å²) in [7, 11) is 6.21. The summed E-state index contributed by atoms with van der Waals surface area (Å²) in [5.74, 6) is -0.958. The molecule has 0 aliphatic carbocycles. The average Bonchev–Trinajstić information content (AvgIpc) is 3.77. The maximum Gasteiger partial charge on any atom is 0.407 e. The number of likely N-dealkylation sites (N-methyl/N-ethyl adjacent to an activating group) is 1. The van der Waals surface area contributed by atoms with Gasteiger partial charge in [0.05, 0.1) is 37.5 Å². The lowest BCUT2D eigenvalue weighted by Gasteiger charge is -2.36. The molecule has 3 aliphatic heterocycles. The third-order valence-electron chi connectivity index (χ3n) is 9.77. The summed E-state index contributed by atoms with van der Waals surface area (Å²) in [6.07, 6.45) is 3.45. The summed E-state index contributed by atoms with van der Waals surface area (Å²) in [5, 5.41) is 3.13. The van der Waals surface area contributed by atoms with Crippen LogP contribution in [0, 0.1) is 5.92 Å². The van der Waals surface area contributed by atoms with Crippen LogP contribution in [-0.2, 0) is 39.8 Å². The SMILES string of the molecule is COc1cc2cc(c1Cl)N(C)C(=O)C[C@H](OC(=O)[C@H](C)N(C)C(=O)CCS)[C@@]1(C)O[C@H]1[C@H](C)[C@@H]1C[C@@H](NC(=O)O1)[C@H](OC)/C=C/C=C(\C)C2. The molecule has 0 unspecified atom stereocenters. The number of rotatable bonds is 7. The van der Waals surface area contributed by atoms with E-state index in [1.165, 1.54) is 24.0 Å². The van der Waals surface area contributed by atoms with Gasteiger partial charge >= 0.3 is 12.1 Å². The Morgan fingerprint density at radius 3 is 2.63 bits per heavy atom. The summed E-state index contributed by atoms with van der Waals surface area (Å²) in [6, 6.07) is 2.34. The summed E-state index contributed by atoms with van der Waals surface area (Å²) in [4.78, 5) is 55.6. The topological polar surface area (TPSA) is 136 Å². The highest BCUT2D eigenvalue weighted by molar-refractivity contribution is 7.80. The normalized spacial score (nSPS) is 31.2. The minimum absolute atomic E-state index is 0.151. The van der Waals surface area contributed by atoms with Gasteiger partial charge in [0.1, 0.15) is 34.6 Å². The first-order valence-electron chi connectivity index (χ1n) is 16.4. The van der Waals surface area contributed by atoms with Gasteiger partial charge in [-0.1, -0.05) is 42.3 Å². The molecule has 3 heterocycles. The molecule has 1 aromatic rings. The van der Waals surface area contributed by atoms with Crippen LogP contribution in [0.25, 0.3) is 0 Å². The van der Waals surface area contributed by atoms with Crippen molar-refractivity contribution in [3.63, 3.8) is 0 Å². The number of ether oxygens (including phenoxy) is 5. The second-order valence-corrected chi connectivity index (χ2v) is 14.0. The summed E-state index contributed by atoms with van der Waals surface area (Å²) in [6.45, 7) is 7.22. The van der Waals surface area contributed by atoms with E-state index in [2.05, 4.69) is 17.9 Å². The van der Waals surface area contributed by atoms with E-state index in [1.54, 1.807) is 28.0 Å². The van der Waals surface area contributed by atoms with Crippen molar-refractivity contribution in [2.24, 2.45) is 5.92 Å². The Bertz CT molecular complexity index is 1490. The average molecular weight is 722 g/mol. The third-order valence-corrected chi connectivity index (χ3v) is 10.4. The number of nitrogens with one attached hydrogen (secondary N) is 1. The molecule has 0 saturated carbocycles. The minimum atomic E-state index is -1.11. The first kappa shape index (κ1) is 38.5. The largest absolute Gasteiger partial charge is 0.495 e. The van der Waals surface area contributed by atoms with Crippen LogP contribution in [0.1, 0.15) is 52.5 Å². The fourth-order valence-electron chi connectivity index (χ4n) is 6.44. The number of benzene rings is 1. The Morgan fingerprint density at radius 2 is 1.98 bits per heavy atom. The molecule has 4 bridgehead atoms. The Morgan fingerprint density at radius 1 is 1.27 bits per heavy atom. The van der Waals surface area contributed by atoms with Crippen molar-refractivity contribution in [1.29, 1.82) is 0 Å². The monoisotopic (exact) mass is 721 g/mol. The first-order valence-corrected chi connectivity index (χ1v) is 17.4. The lowest BCUT2D eigenvalue weighted by atomic mass is 9.84. The number of epoxide rings is 1. The van der Waals surface area contributed by atoms with Crippen molar-refractivity contribution in [2.75, 3.05) is 39.0 Å². The van der Waals surface area contributed by atoms with Gasteiger partial charge in [-0.3, -0.25) is 9.59 Å². The van der Waals surface area contributed by atoms with Gasteiger partial charge < -0.3 is 38.8 Å². The predicted molar refractivity (Wildman–Crippen MR) is 188 cm³/mol. The highest BCUT2D eigenvalue weighted by Gasteiger charge is 2.64. The third kappa shape index (κ3) is 8.73. The molecule has 2 saturated heterocycles. The number of nitrogens with zero attached hydrogens (tertiary/aromatic N) is 2. The molecule has 2 fully saturated rings. The lowest BCUT2D eigenvalue weighted by molar-refractivity contribution is -0.161. The van der Waals surface area contributed by atoms with E-state index in [0.29, 0.717) is 30.0 Å². The summed E-state index contributed by atoms with van der Waals surface area (Å²) >= 11 is 10.9. The highest BCUT2D eigenvalue weighted by Crippen LogP contribution is 2.49. The smallest absolute Gasteiger partial charge is 0.407 e. The van der Waals surface area contributed by atoms with Crippen LogP contribution in [-0.4, -0.2) is 105 Å². The molecule has 12 nitrogen and oxygen atoms in total. The lowest BCUT2D eigenvalue weighted by Crippen LogP contribution is -2.53. The fraction of sp³-hybridized carbons (Fsp3) is 0.600. The number of methoxy groups -OCH3 is 2. The van der Waals surface area contributed by atoms with Gasteiger partial charge in [-0.2, -0.15) is 12.6 Å². The van der Waals surface area contributed by atoms with Crippen molar-refractivity contribution in [3.05, 3.63) is 46.5 Å². The Labute approximate surface area is 298 Å². The minimum Gasteiger partial charge on any atom is -0.495 e. The molecule has 0 radical (unpaired) electrons. The number of esters is 1. The Kier molecular flexibility index (Phi) is 12.7. The van der Waals surface area contributed by atoms with E-state index < -0.39 is 54.0 Å². The van der Waals surface area contributed by atoms with Crippen molar-refractivity contribution in [3.8, 4) is 5.75 Å². The molecule has 8 atom stereocenters. The zero-order valence-electron chi connectivity index (χ0n) is 29.4. The zero-order valence-corrected chi connectivity index (χ0v) is 31.0. The predicted octanol–water partition coefficient (Wildman–Crippen LogP) is 4.51. The molecule has 1 aromatic carbocycles. The van der Waals surface area contributed by atoms with Crippen molar-refractivity contribution in [1.82, 2.24) is 10.2 Å². The first-order chi connectivity index (χ1) is 23.1. The number of alkyl carbamates (subject to hydrolysis) is 1. The van der Waals surface area contributed by atoms with Crippen LogP contribution >= 0.6 is 24.2 Å². The molecule has 3 aliphatic rings. The van der Waals surface area contributed by atoms with E-state index in [1.807, 2.05) is 44.2 Å². The molecule has 3 amide bonds. The molecule has 49 heavy (non-hydrogen) atoms. The van der Waals surface area contributed by atoms with E-state index in [4.69, 9.17) is 35.3 Å². The van der Waals surface area contributed by atoms with Gasteiger partial charge in [0.25, 0.3) is 0 Å². The summed E-state index contributed by atoms with van der Waals surface area (Å²) < 4.78 is 29.4. The van der Waals surface area contributed by atoms with Crippen LogP contribution in [0.3, 0.4) is 0 Å². The van der Waals surface area contributed by atoms with Gasteiger partial charge in [-0.05, 0) is 50.6 Å². The van der Waals surface area contributed by atoms with Gasteiger partial charge in [0.15, 0.2) is 0 Å². The van der Waals surface area contributed by atoms with Gasteiger partial charge in [-0.25, -0.2) is 9.59 Å². The van der Waals surface area contributed by atoms with Crippen molar-refractivity contribution in [2.45, 2.75) is 95.5 Å². The van der Waals surface area contributed by atoms with E-state index in [0.717, 1.165) is 11.1 Å². The number of halogens is 1. The standard InChI is InChI=1S/C35H48ClN3O9S/c1-19-10-9-11-25(44-7)23-17-26(46-34(43)37-23)20(2)32-35(4,48-32)28(47-33(42)21(3)38(5)29(40)12-13-49)18-30(41)39(6)24-15-22(14-19)16-27(45-8)31(24)36/h9-11,15-16,20-21,23,25-26,28,32,49H,12-14,17-18H2,1-8H3,(H,37,43)/b11-9+,19-10+/t20-,21+,23-,25-,26+,28+,32+,35-/m1/s1. The molecular weight excluding hydrogens is 674 g/mol. The van der Waals surface area contributed by atoms with Crippen molar-refractivity contribution >= 4 is 53.8 Å². The second-order valence-electron chi connectivity index (χ2n) is 13.2. The van der Waals surface area contributed by atoms with Crippen molar-refractivity contribution < 1.29 is 42.9 Å². The maximum absolute atomic E-state index is 14.0. The fourth-order valence-corrected chi connectivity index (χ4v) is 6.94. The number of hydrogen-bond acceptors (Lipinski definition) is 10. The number of thiol groups is 1. The quantitative estimate of drug-likeness (QED) is 0.237. The number of amides is 3.